The number of carbonyl (C=O) groups excluding carboxylic acids is 1. The van der Waals surface area contributed by atoms with E-state index in [-0.39, 0.29) is 17.4 Å². The molecular formula is C24H34N2O4S. The first kappa shape index (κ1) is 24.7. The zero-order valence-electron chi connectivity index (χ0n) is 19.3. The van der Waals surface area contributed by atoms with Crippen LogP contribution in [-0.4, -0.2) is 39.8 Å². The second kappa shape index (κ2) is 10.2. The first-order valence-corrected chi connectivity index (χ1v) is 12.4. The number of sulfonamides is 1. The Balaban J connectivity index is 1.98. The Morgan fingerprint density at radius 1 is 1.10 bits per heavy atom. The molecule has 0 radical (unpaired) electrons. The van der Waals surface area contributed by atoms with Gasteiger partial charge < -0.3 is 10.1 Å². The Hall–Kier alpha value is -2.54. The van der Waals surface area contributed by atoms with Crippen molar-refractivity contribution >= 4 is 21.6 Å². The largest absolute Gasteiger partial charge is 0.481 e. The molecule has 0 heterocycles. The van der Waals surface area contributed by atoms with Crippen LogP contribution in [0.5, 0.6) is 5.75 Å². The number of rotatable bonds is 10. The van der Waals surface area contributed by atoms with Crippen LogP contribution in [0.4, 0.5) is 5.69 Å². The highest BCUT2D eigenvalue weighted by atomic mass is 32.2. The molecule has 0 bridgehead atoms. The van der Waals surface area contributed by atoms with Gasteiger partial charge >= 0.3 is 0 Å². The number of ether oxygens (including phenoxy) is 1. The zero-order valence-corrected chi connectivity index (χ0v) is 20.1. The summed E-state index contributed by atoms with van der Waals surface area (Å²) in [5.74, 6) is 0.362. The van der Waals surface area contributed by atoms with Crippen molar-refractivity contribution in [1.82, 2.24) is 5.32 Å². The number of nitrogens with one attached hydrogen (secondary N) is 1. The van der Waals surface area contributed by atoms with Crippen LogP contribution in [-0.2, 0) is 20.2 Å². The number of benzene rings is 2. The van der Waals surface area contributed by atoms with Gasteiger partial charge in [-0.15, -0.1) is 0 Å². The van der Waals surface area contributed by atoms with Crippen molar-refractivity contribution in [3.05, 3.63) is 60.2 Å². The van der Waals surface area contributed by atoms with Crippen molar-refractivity contribution in [2.75, 3.05) is 17.6 Å². The fourth-order valence-corrected chi connectivity index (χ4v) is 4.08. The minimum atomic E-state index is -3.33. The van der Waals surface area contributed by atoms with Gasteiger partial charge in [-0.05, 0) is 55.0 Å². The molecule has 1 N–H and O–H groups in total. The second-order valence-corrected chi connectivity index (χ2v) is 10.6. The zero-order chi connectivity index (χ0) is 23.2. The van der Waals surface area contributed by atoms with Gasteiger partial charge in [0.05, 0.1) is 11.9 Å². The van der Waals surface area contributed by atoms with Gasteiger partial charge in [-0.3, -0.25) is 9.10 Å². The van der Waals surface area contributed by atoms with Gasteiger partial charge in [0, 0.05) is 13.1 Å². The van der Waals surface area contributed by atoms with E-state index in [2.05, 4.69) is 31.3 Å². The summed E-state index contributed by atoms with van der Waals surface area (Å²) in [6, 6.07) is 16.9. The standard InChI is InChI=1S/C24H34N2O4S/c1-7-22(30-21-15-13-20(14-16-21)26(5)31(6,28)29)23(27)25-18(2)17-24(3,4)19-11-9-8-10-12-19/h8-16,18,22H,7,17H2,1-6H3,(H,25,27)/t18-,22-/m1/s1. The first-order chi connectivity index (χ1) is 14.4. The number of amides is 1. The van der Waals surface area contributed by atoms with Crippen LogP contribution in [0.25, 0.3) is 0 Å². The molecule has 0 aliphatic rings. The van der Waals surface area contributed by atoms with Crippen molar-refractivity contribution in [2.24, 2.45) is 0 Å². The summed E-state index contributed by atoms with van der Waals surface area (Å²) < 4.78 is 30.4. The predicted octanol–water partition coefficient (Wildman–Crippen LogP) is 4.11. The van der Waals surface area contributed by atoms with Crippen LogP contribution in [0.3, 0.4) is 0 Å². The van der Waals surface area contributed by atoms with E-state index in [1.807, 2.05) is 32.0 Å². The van der Waals surface area contributed by atoms with Crippen LogP contribution in [0.2, 0.25) is 0 Å². The van der Waals surface area contributed by atoms with E-state index in [0.717, 1.165) is 12.7 Å². The number of anilines is 1. The lowest BCUT2D eigenvalue weighted by Crippen LogP contribution is -2.44. The second-order valence-electron chi connectivity index (χ2n) is 8.60. The summed E-state index contributed by atoms with van der Waals surface area (Å²) in [5, 5.41) is 3.08. The van der Waals surface area contributed by atoms with E-state index in [0.29, 0.717) is 17.9 Å². The van der Waals surface area contributed by atoms with Crippen LogP contribution < -0.4 is 14.4 Å². The molecule has 7 heteroatoms. The molecule has 0 aliphatic heterocycles. The summed E-state index contributed by atoms with van der Waals surface area (Å²) in [7, 11) is -1.84. The van der Waals surface area contributed by atoms with Crippen LogP contribution in [0.1, 0.15) is 46.1 Å². The third kappa shape index (κ3) is 6.99. The van der Waals surface area contributed by atoms with Crippen molar-refractivity contribution < 1.29 is 17.9 Å². The molecule has 2 aromatic carbocycles. The van der Waals surface area contributed by atoms with E-state index >= 15 is 0 Å². The topological polar surface area (TPSA) is 75.7 Å². The Kier molecular flexibility index (Phi) is 8.12. The number of carbonyl (C=O) groups is 1. The Bertz CT molecular complexity index is 957. The third-order valence-electron chi connectivity index (χ3n) is 5.40. The molecule has 2 rings (SSSR count). The number of nitrogens with zero attached hydrogens (tertiary/aromatic N) is 1. The van der Waals surface area contributed by atoms with Gasteiger partial charge in [-0.2, -0.15) is 0 Å². The highest BCUT2D eigenvalue weighted by molar-refractivity contribution is 7.92. The predicted molar refractivity (Wildman–Crippen MR) is 126 cm³/mol. The average Bonchev–Trinajstić information content (AvgIpc) is 2.71. The summed E-state index contributed by atoms with van der Waals surface area (Å²) in [6.07, 6.45) is 1.84. The van der Waals surface area contributed by atoms with Gasteiger partial charge in [-0.25, -0.2) is 8.42 Å². The van der Waals surface area contributed by atoms with Crippen LogP contribution in [0, 0.1) is 0 Å². The molecule has 1 amide bonds. The van der Waals surface area contributed by atoms with E-state index < -0.39 is 16.1 Å². The van der Waals surface area contributed by atoms with Gasteiger partial charge in [0.1, 0.15) is 5.75 Å². The number of hydrogen-bond donors (Lipinski definition) is 1. The Labute approximate surface area is 186 Å². The van der Waals surface area contributed by atoms with Crippen molar-refractivity contribution in [1.29, 1.82) is 0 Å². The highest BCUT2D eigenvalue weighted by Gasteiger charge is 2.26. The first-order valence-electron chi connectivity index (χ1n) is 10.5. The molecule has 6 nitrogen and oxygen atoms in total. The fourth-order valence-electron chi connectivity index (χ4n) is 3.57. The minimum Gasteiger partial charge on any atom is -0.481 e. The summed E-state index contributed by atoms with van der Waals surface area (Å²) in [5.41, 5.74) is 1.69. The van der Waals surface area contributed by atoms with Gasteiger partial charge in [0.25, 0.3) is 5.91 Å². The molecule has 0 fully saturated rings. The summed E-state index contributed by atoms with van der Waals surface area (Å²) in [4.78, 5) is 12.8. The lowest BCUT2D eigenvalue weighted by atomic mass is 9.79. The monoisotopic (exact) mass is 446 g/mol. The maximum atomic E-state index is 12.8. The summed E-state index contributed by atoms with van der Waals surface area (Å²) >= 11 is 0. The van der Waals surface area contributed by atoms with Gasteiger partial charge in [0.2, 0.25) is 10.0 Å². The smallest absolute Gasteiger partial charge is 0.261 e. The van der Waals surface area contributed by atoms with Gasteiger partial charge in [-0.1, -0.05) is 51.1 Å². The van der Waals surface area contributed by atoms with Gasteiger partial charge in [0.15, 0.2) is 6.10 Å². The fraction of sp³-hybridized carbons (Fsp3) is 0.458. The molecule has 0 unspecified atom stereocenters. The van der Waals surface area contributed by atoms with E-state index in [9.17, 15) is 13.2 Å². The quantitative estimate of drug-likeness (QED) is 0.596. The highest BCUT2D eigenvalue weighted by Crippen LogP contribution is 2.28. The maximum absolute atomic E-state index is 12.8. The van der Waals surface area contributed by atoms with Crippen molar-refractivity contribution in [3.63, 3.8) is 0 Å². The maximum Gasteiger partial charge on any atom is 0.261 e. The normalized spacial score (nSPS) is 13.9. The summed E-state index contributed by atoms with van der Waals surface area (Å²) in [6.45, 7) is 8.25. The number of hydrogen-bond acceptors (Lipinski definition) is 4. The molecular weight excluding hydrogens is 412 g/mol. The minimum absolute atomic E-state index is 0.0221. The van der Waals surface area contributed by atoms with Crippen LogP contribution >= 0.6 is 0 Å². The Morgan fingerprint density at radius 3 is 2.19 bits per heavy atom. The van der Waals surface area contributed by atoms with E-state index in [1.165, 1.54) is 16.9 Å². The average molecular weight is 447 g/mol. The van der Waals surface area contributed by atoms with E-state index in [4.69, 9.17) is 4.74 Å². The van der Waals surface area contributed by atoms with Crippen molar-refractivity contribution in [3.8, 4) is 5.75 Å². The van der Waals surface area contributed by atoms with Crippen LogP contribution in [0.15, 0.2) is 54.6 Å². The Morgan fingerprint density at radius 2 is 1.68 bits per heavy atom. The van der Waals surface area contributed by atoms with E-state index in [1.54, 1.807) is 24.3 Å². The molecule has 0 spiro atoms. The molecule has 0 aliphatic carbocycles. The molecule has 0 saturated carbocycles. The molecule has 170 valence electrons. The SMILES string of the molecule is CC[C@@H](Oc1ccc(N(C)S(C)(=O)=O)cc1)C(=O)N[C@H](C)CC(C)(C)c1ccccc1. The third-order valence-corrected chi connectivity index (χ3v) is 6.61. The molecule has 2 atom stereocenters. The molecule has 0 aromatic heterocycles. The molecule has 2 aromatic rings. The van der Waals surface area contributed by atoms with Crippen molar-refractivity contribution in [2.45, 2.75) is 58.1 Å². The molecule has 31 heavy (non-hydrogen) atoms. The lowest BCUT2D eigenvalue weighted by Gasteiger charge is -2.30. The molecule has 0 saturated heterocycles. The lowest BCUT2D eigenvalue weighted by molar-refractivity contribution is -0.128.